The summed E-state index contributed by atoms with van der Waals surface area (Å²) in [6.45, 7) is 0.136. The van der Waals surface area contributed by atoms with E-state index in [4.69, 9.17) is 27.9 Å². The molecule has 0 radical (unpaired) electrons. The summed E-state index contributed by atoms with van der Waals surface area (Å²) in [6.07, 6.45) is 2.28. The molecule has 0 spiro atoms. The van der Waals surface area contributed by atoms with E-state index in [1.54, 1.807) is 25.4 Å². The fraction of sp³-hybridized carbons (Fsp3) is 0.158. The van der Waals surface area contributed by atoms with Gasteiger partial charge in [-0.2, -0.15) is 0 Å². The Morgan fingerprint density at radius 1 is 1.15 bits per heavy atom. The Balaban J connectivity index is 1.54. The molecule has 1 amide bonds. The normalized spacial score (nSPS) is 10.5. The first kappa shape index (κ1) is 19.5. The van der Waals surface area contributed by atoms with Gasteiger partial charge in [-0.25, -0.2) is 4.98 Å². The molecule has 0 unspecified atom stereocenters. The lowest BCUT2D eigenvalue weighted by Gasteiger charge is -2.07. The number of thiazole rings is 1. The van der Waals surface area contributed by atoms with Crippen LogP contribution in [0.4, 0.5) is 10.8 Å². The van der Waals surface area contributed by atoms with Crippen LogP contribution in [0.25, 0.3) is 0 Å². The molecule has 0 atom stereocenters. The van der Waals surface area contributed by atoms with E-state index >= 15 is 0 Å². The maximum Gasteiger partial charge on any atom is 0.245 e. The van der Waals surface area contributed by atoms with Crippen LogP contribution in [0.3, 0.4) is 0 Å². The number of nitrogens with one attached hydrogen (secondary N) is 2. The van der Waals surface area contributed by atoms with Crippen LogP contribution in [0.5, 0.6) is 5.75 Å². The monoisotopic (exact) mass is 421 g/mol. The number of benzene rings is 2. The highest BCUT2D eigenvalue weighted by atomic mass is 35.5. The molecular weight excluding hydrogens is 405 g/mol. The summed E-state index contributed by atoms with van der Waals surface area (Å²) in [6, 6.07) is 12.8. The summed E-state index contributed by atoms with van der Waals surface area (Å²) < 4.78 is 5.10. The number of carbonyl (C=O) groups is 1. The van der Waals surface area contributed by atoms with Gasteiger partial charge in [0.05, 0.1) is 13.7 Å². The molecule has 140 valence electrons. The number of rotatable bonds is 7. The highest BCUT2D eigenvalue weighted by Crippen LogP contribution is 2.29. The maximum absolute atomic E-state index is 12.1. The van der Waals surface area contributed by atoms with Crippen molar-refractivity contribution in [2.75, 3.05) is 24.3 Å². The van der Waals surface area contributed by atoms with E-state index in [1.807, 2.05) is 30.3 Å². The fourth-order valence-electron chi connectivity index (χ4n) is 2.38. The second kappa shape index (κ2) is 9.08. The van der Waals surface area contributed by atoms with Crippen LogP contribution in [0.1, 0.15) is 10.4 Å². The van der Waals surface area contributed by atoms with E-state index in [1.165, 1.54) is 11.3 Å². The van der Waals surface area contributed by atoms with E-state index in [2.05, 4.69) is 15.6 Å². The Labute approximate surface area is 171 Å². The Morgan fingerprint density at radius 2 is 1.85 bits per heavy atom. The zero-order valence-electron chi connectivity index (χ0n) is 14.5. The standard InChI is InChI=1S/C19H17Cl2N3O2S/c1-26-13-7-5-12(6-8-13)22-11-18(25)24-19-23-10-14(27-19)9-15-16(20)3-2-4-17(15)21/h2-8,10,22H,9,11H2,1H3,(H,23,24,25). The van der Waals surface area contributed by atoms with Crippen molar-refractivity contribution in [2.45, 2.75) is 6.42 Å². The first-order valence-electron chi connectivity index (χ1n) is 8.10. The Kier molecular flexibility index (Phi) is 6.55. The van der Waals surface area contributed by atoms with Crippen LogP contribution in [0, 0.1) is 0 Å². The lowest BCUT2D eigenvalue weighted by atomic mass is 10.1. The van der Waals surface area contributed by atoms with E-state index in [9.17, 15) is 4.79 Å². The van der Waals surface area contributed by atoms with Gasteiger partial charge in [-0.1, -0.05) is 29.3 Å². The smallest absolute Gasteiger partial charge is 0.245 e. The molecule has 0 bridgehead atoms. The Hall–Kier alpha value is -2.28. The minimum atomic E-state index is -0.178. The number of hydrogen-bond donors (Lipinski definition) is 2. The molecule has 0 aliphatic carbocycles. The average molecular weight is 422 g/mol. The topological polar surface area (TPSA) is 63.2 Å². The molecule has 5 nitrogen and oxygen atoms in total. The van der Waals surface area contributed by atoms with Crippen molar-refractivity contribution in [1.29, 1.82) is 0 Å². The molecule has 0 saturated carbocycles. The second-order valence-corrected chi connectivity index (χ2v) is 7.57. The quantitative estimate of drug-likeness (QED) is 0.556. The third-order valence-corrected chi connectivity index (χ3v) is 5.38. The Bertz CT molecular complexity index is 909. The first-order valence-corrected chi connectivity index (χ1v) is 9.68. The zero-order chi connectivity index (χ0) is 19.2. The molecule has 1 heterocycles. The van der Waals surface area contributed by atoms with Crippen LogP contribution < -0.4 is 15.4 Å². The number of halogens is 2. The number of carbonyl (C=O) groups excluding carboxylic acids is 1. The van der Waals surface area contributed by atoms with Crippen molar-refractivity contribution >= 4 is 51.3 Å². The summed E-state index contributed by atoms with van der Waals surface area (Å²) in [5.74, 6) is 0.585. The summed E-state index contributed by atoms with van der Waals surface area (Å²) in [7, 11) is 1.61. The van der Waals surface area contributed by atoms with Crippen molar-refractivity contribution in [3.63, 3.8) is 0 Å². The minimum Gasteiger partial charge on any atom is -0.497 e. The van der Waals surface area contributed by atoms with Crippen molar-refractivity contribution < 1.29 is 9.53 Å². The van der Waals surface area contributed by atoms with E-state index in [0.29, 0.717) is 21.6 Å². The largest absolute Gasteiger partial charge is 0.497 e. The van der Waals surface area contributed by atoms with Crippen LogP contribution in [-0.2, 0) is 11.2 Å². The number of ether oxygens (including phenoxy) is 1. The van der Waals surface area contributed by atoms with Gasteiger partial charge in [0, 0.05) is 33.2 Å². The highest BCUT2D eigenvalue weighted by molar-refractivity contribution is 7.15. The van der Waals surface area contributed by atoms with E-state index in [0.717, 1.165) is 21.9 Å². The van der Waals surface area contributed by atoms with Crippen LogP contribution >= 0.6 is 34.5 Å². The van der Waals surface area contributed by atoms with E-state index < -0.39 is 0 Å². The van der Waals surface area contributed by atoms with Crippen LogP contribution in [0.2, 0.25) is 10.0 Å². The number of aromatic nitrogens is 1. The summed E-state index contributed by atoms with van der Waals surface area (Å²) in [4.78, 5) is 17.3. The third kappa shape index (κ3) is 5.35. The summed E-state index contributed by atoms with van der Waals surface area (Å²) in [5, 5.41) is 7.61. The van der Waals surface area contributed by atoms with Crippen molar-refractivity contribution in [3.05, 3.63) is 69.1 Å². The summed E-state index contributed by atoms with van der Waals surface area (Å²) in [5.41, 5.74) is 1.68. The first-order chi connectivity index (χ1) is 13.0. The van der Waals surface area contributed by atoms with Crippen molar-refractivity contribution in [2.24, 2.45) is 0 Å². The molecule has 0 saturated heterocycles. The summed E-state index contributed by atoms with van der Waals surface area (Å²) >= 11 is 13.8. The van der Waals surface area contributed by atoms with Gasteiger partial charge in [-0.05, 0) is 42.0 Å². The second-order valence-electron chi connectivity index (χ2n) is 5.64. The minimum absolute atomic E-state index is 0.136. The van der Waals surface area contributed by atoms with Gasteiger partial charge in [0.25, 0.3) is 0 Å². The number of hydrogen-bond acceptors (Lipinski definition) is 5. The van der Waals surface area contributed by atoms with Gasteiger partial charge in [0.1, 0.15) is 5.75 Å². The van der Waals surface area contributed by atoms with Gasteiger partial charge in [0.15, 0.2) is 5.13 Å². The van der Waals surface area contributed by atoms with Crippen molar-refractivity contribution in [1.82, 2.24) is 4.98 Å². The Morgan fingerprint density at radius 3 is 2.52 bits per heavy atom. The van der Waals surface area contributed by atoms with Crippen molar-refractivity contribution in [3.8, 4) is 5.75 Å². The number of methoxy groups -OCH3 is 1. The third-order valence-electron chi connectivity index (χ3n) is 3.76. The van der Waals surface area contributed by atoms with Gasteiger partial charge in [-0.3, -0.25) is 4.79 Å². The molecule has 8 heteroatoms. The zero-order valence-corrected chi connectivity index (χ0v) is 16.8. The van der Waals surface area contributed by atoms with E-state index in [-0.39, 0.29) is 12.5 Å². The molecule has 3 aromatic rings. The van der Waals surface area contributed by atoms with Gasteiger partial charge in [-0.15, -0.1) is 11.3 Å². The van der Waals surface area contributed by atoms with Gasteiger partial charge in [0.2, 0.25) is 5.91 Å². The SMILES string of the molecule is COc1ccc(NCC(=O)Nc2ncc(Cc3c(Cl)cccc3Cl)s2)cc1. The highest BCUT2D eigenvalue weighted by Gasteiger charge is 2.11. The molecule has 0 aliphatic rings. The molecule has 2 N–H and O–H groups in total. The van der Waals surface area contributed by atoms with Crippen LogP contribution in [0.15, 0.2) is 48.7 Å². The average Bonchev–Trinajstić information content (AvgIpc) is 3.10. The molecule has 0 fully saturated rings. The predicted octanol–water partition coefficient (Wildman–Crippen LogP) is 5.10. The molecule has 3 rings (SSSR count). The predicted molar refractivity (Wildman–Crippen MR) is 111 cm³/mol. The number of anilines is 2. The lowest BCUT2D eigenvalue weighted by molar-refractivity contribution is -0.114. The molecule has 0 aliphatic heterocycles. The fourth-order valence-corrected chi connectivity index (χ4v) is 3.75. The number of nitrogens with zero attached hydrogens (tertiary/aromatic N) is 1. The van der Waals surface area contributed by atoms with Gasteiger partial charge < -0.3 is 15.4 Å². The molecule has 1 aromatic heterocycles. The lowest BCUT2D eigenvalue weighted by Crippen LogP contribution is -2.21. The maximum atomic E-state index is 12.1. The molecular formula is C19H17Cl2N3O2S. The number of amides is 1. The van der Waals surface area contributed by atoms with Crippen LogP contribution in [-0.4, -0.2) is 24.5 Å². The molecule has 27 heavy (non-hydrogen) atoms. The molecule has 2 aromatic carbocycles. The van der Waals surface area contributed by atoms with Gasteiger partial charge >= 0.3 is 0 Å².